The maximum Gasteiger partial charge on any atom is 0.328 e. The fraction of sp³-hybridized carbons (Fsp3) is 0.154. The molecule has 0 unspecified atom stereocenters. The molecule has 2 N–H and O–H groups in total. The standard InChI is InChI=1S/C26H23NO3/c1-18(28)27-26(17-16-20-12-10-19(11-13-20)14-15-25(29)30)23-8-4-2-6-21(23)22-7-3-5-9-24(22)26/h2-15H,16-17H2,1H3,(H,27,28)(H,29,30). The van der Waals surface area contributed by atoms with E-state index in [1.807, 2.05) is 48.5 Å². The summed E-state index contributed by atoms with van der Waals surface area (Å²) in [6.07, 6.45) is 4.21. The van der Waals surface area contributed by atoms with Crippen molar-refractivity contribution in [1.82, 2.24) is 5.32 Å². The molecule has 4 nitrogen and oxygen atoms in total. The lowest BCUT2D eigenvalue weighted by Gasteiger charge is -2.33. The van der Waals surface area contributed by atoms with E-state index in [1.165, 1.54) is 0 Å². The van der Waals surface area contributed by atoms with Crippen LogP contribution in [0.5, 0.6) is 0 Å². The number of carboxylic acids is 1. The molecule has 4 rings (SSSR count). The lowest BCUT2D eigenvalue weighted by atomic mass is 9.82. The van der Waals surface area contributed by atoms with Crippen molar-refractivity contribution in [1.29, 1.82) is 0 Å². The number of carboxylic acid groups (broad SMARTS) is 1. The van der Waals surface area contributed by atoms with Gasteiger partial charge in [0.15, 0.2) is 0 Å². The van der Waals surface area contributed by atoms with Gasteiger partial charge in [0.25, 0.3) is 0 Å². The molecule has 0 saturated carbocycles. The van der Waals surface area contributed by atoms with Gasteiger partial charge in [-0.1, -0.05) is 72.8 Å². The zero-order valence-electron chi connectivity index (χ0n) is 16.8. The molecule has 150 valence electrons. The van der Waals surface area contributed by atoms with Crippen LogP contribution in [0, 0.1) is 0 Å². The Bertz CT molecular complexity index is 1080. The molecule has 1 aliphatic carbocycles. The highest BCUT2D eigenvalue weighted by atomic mass is 16.4. The lowest BCUT2D eigenvalue weighted by molar-refractivity contribution is -0.131. The third-order valence-electron chi connectivity index (χ3n) is 5.64. The highest BCUT2D eigenvalue weighted by Crippen LogP contribution is 2.49. The number of amides is 1. The molecule has 0 atom stereocenters. The quantitative estimate of drug-likeness (QED) is 0.589. The molecule has 0 bridgehead atoms. The Morgan fingerprint density at radius 3 is 2.00 bits per heavy atom. The van der Waals surface area contributed by atoms with Gasteiger partial charge >= 0.3 is 5.97 Å². The van der Waals surface area contributed by atoms with E-state index < -0.39 is 11.5 Å². The van der Waals surface area contributed by atoms with Crippen molar-refractivity contribution in [2.75, 3.05) is 0 Å². The maximum absolute atomic E-state index is 12.2. The summed E-state index contributed by atoms with van der Waals surface area (Å²) >= 11 is 0. The Hall–Kier alpha value is -3.66. The summed E-state index contributed by atoms with van der Waals surface area (Å²) in [5.74, 6) is -1.02. The van der Waals surface area contributed by atoms with Gasteiger partial charge in [-0.05, 0) is 52.3 Å². The molecule has 0 aromatic heterocycles. The van der Waals surface area contributed by atoms with Gasteiger partial charge in [-0.25, -0.2) is 4.79 Å². The molecular formula is C26H23NO3. The first kappa shape index (κ1) is 19.6. The van der Waals surface area contributed by atoms with E-state index in [2.05, 4.69) is 29.6 Å². The van der Waals surface area contributed by atoms with E-state index in [4.69, 9.17) is 5.11 Å². The summed E-state index contributed by atoms with van der Waals surface area (Å²) in [6, 6.07) is 24.4. The topological polar surface area (TPSA) is 66.4 Å². The van der Waals surface area contributed by atoms with Crippen LogP contribution < -0.4 is 5.32 Å². The van der Waals surface area contributed by atoms with Crippen LogP contribution in [0.2, 0.25) is 0 Å². The van der Waals surface area contributed by atoms with Gasteiger partial charge in [0.2, 0.25) is 5.91 Å². The molecule has 0 radical (unpaired) electrons. The van der Waals surface area contributed by atoms with Gasteiger partial charge < -0.3 is 10.4 Å². The average molecular weight is 397 g/mol. The fourth-order valence-corrected chi connectivity index (χ4v) is 4.39. The number of fused-ring (bicyclic) bond motifs is 3. The second kappa shape index (κ2) is 7.99. The van der Waals surface area contributed by atoms with Gasteiger partial charge in [-0.15, -0.1) is 0 Å². The molecule has 0 spiro atoms. The monoisotopic (exact) mass is 397 g/mol. The smallest absolute Gasteiger partial charge is 0.328 e. The summed E-state index contributed by atoms with van der Waals surface area (Å²) in [5, 5.41) is 12.0. The molecule has 0 aliphatic heterocycles. The molecule has 0 heterocycles. The van der Waals surface area contributed by atoms with Crippen LogP contribution >= 0.6 is 0 Å². The number of aliphatic carboxylic acids is 1. The maximum atomic E-state index is 12.2. The number of carbonyl (C=O) groups excluding carboxylic acids is 1. The second-order valence-corrected chi connectivity index (χ2v) is 7.59. The normalized spacial score (nSPS) is 13.6. The summed E-state index contributed by atoms with van der Waals surface area (Å²) in [5.41, 5.74) is 5.99. The van der Waals surface area contributed by atoms with Crippen LogP contribution in [0.25, 0.3) is 17.2 Å². The molecule has 3 aromatic carbocycles. The summed E-state index contributed by atoms with van der Waals surface area (Å²) in [7, 11) is 0. The SMILES string of the molecule is CC(=O)NC1(CCc2ccc(C=CC(=O)O)cc2)c2ccccc2-c2ccccc21. The van der Waals surface area contributed by atoms with E-state index in [0.717, 1.165) is 52.3 Å². The largest absolute Gasteiger partial charge is 0.478 e. The van der Waals surface area contributed by atoms with Crippen LogP contribution in [0.3, 0.4) is 0 Å². The molecular weight excluding hydrogens is 374 g/mol. The highest BCUT2D eigenvalue weighted by molar-refractivity contribution is 5.85. The van der Waals surface area contributed by atoms with E-state index in [1.54, 1.807) is 13.0 Å². The molecule has 3 aromatic rings. The van der Waals surface area contributed by atoms with Crippen LogP contribution in [-0.4, -0.2) is 17.0 Å². The Balaban J connectivity index is 1.68. The van der Waals surface area contributed by atoms with Crippen LogP contribution in [0.15, 0.2) is 78.9 Å². The third kappa shape index (κ3) is 3.64. The number of hydrogen-bond acceptors (Lipinski definition) is 2. The lowest BCUT2D eigenvalue weighted by Crippen LogP contribution is -2.45. The van der Waals surface area contributed by atoms with Crippen LogP contribution in [-0.2, 0) is 21.5 Å². The van der Waals surface area contributed by atoms with E-state index in [-0.39, 0.29) is 5.91 Å². The van der Waals surface area contributed by atoms with Crippen molar-refractivity contribution in [3.05, 3.63) is 101 Å². The van der Waals surface area contributed by atoms with Crippen molar-refractivity contribution in [3.63, 3.8) is 0 Å². The molecule has 1 amide bonds. The zero-order valence-corrected chi connectivity index (χ0v) is 16.8. The van der Waals surface area contributed by atoms with Gasteiger partial charge in [-0.3, -0.25) is 4.79 Å². The summed E-state index contributed by atoms with van der Waals surface area (Å²) in [6.45, 7) is 1.56. The van der Waals surface area contributed by atoms with Gasteiger partial charge in [0, 0.05) is 13.0 Å². The summed E-state index contributed by atoms with van der Waals surface area (Å²) < 4.78 is 0. The number of nitrogens with one attached hydrogen (secondary N) is 1. The van der Waals surface area contributed by atoms with Crippen LogP contribution in [0.1, 0.15) is 35.6 Å². The Morgan fingerprint density at radius 2 is 1.47 bits per heavy atom. The molecule has 30 heavy (non-hydrogen) atoms. The minimum absolute atomic E-state index is 0.0596. The van der Waals surface area contributed by atoms with Crippen molar-refractivity contribution < 1.29 is 14.7 Å². The fourth-order valence-electron chi connectivity index (χ4n) is 4.39. The van der Waals surface area contributed by atoms with E-state index >= 15 is 0 Å². The minimum Gasteiger partial charge on any atom is -0.478 e. The molecule has 0 saturated heterocycles. The second-order valence-electron chi connectivity index (χ2n) is 7.59. The number of benzene rings is 3. The summed E-state index contributed by atoms with van der Waals surface area (Å²) in [4.78, 5) is 22.9. The van der Waals surface area contributed by atoms with Crippen molar-refractivity contribution in [3.8, 4) is 11.1 Å². The highest BCUT2D eigenvalue weighted by Gasteiger charge is 2.43. The number of rotatable bonds is 6. The molecule has 0 fully saturated rings. The number of hydrogen-bond donors (Lipinski definition) is 2. The average Bonchev–Trinajstić information content (AvgIpc) is 3.02. The zero-order chi connectivity index (χ0) is 21.1. The van der Waals surface area contributed by atoms with Crippen molar-refractivity contribution >= 4 is 18.0 Å². The first-order valence-corrected chi connectivity index (χ1v) is 9.98. The van der Waals surface area contributed by atoms with Gasteiger partial charge in [-0.2, -0.15) is 0 Å². The van der Waals surface area contributed by atoms with Crippen LogP contribution in [0.4, 0.5) is 0 Å². The molecule has 4 heteroatoms. The van der Waals surface area contributed by atoms with E-state index in [0.29, 0.717) is 0 Å². The molecule has 1 aliphatic rings. The van der Waals surface area contributed by atoms with Crippen molar-refractivity contribution in [2.45, 2.75) is 25.3 Å². The predicted octanol–water partition coefficient (Wildman–Crippen LogP) is 4.78. The third-order valence-corrected chi connectivity index (χ3v) is 5.64. The predicted molar refractivity (Wildman–Crippen MR) is 118 cm³/mol. The van der Waals surface area contributed by atoms with Crippen molar-refractivity contribution in [2.24, 2.45) is 0 Å². The van der Waals surface area contributed by atoms with Gasteiger partial charge in [0.1, 0.15) is 0 Å². The van der Waals surface area contributed by atoms with E-state index in [9.17, 15) is 9.59 Å². The Labute approximate surface area is 175 Å². The minimum atomic E-state index is -0.963. The Morgan fingerprint density at radius 1 is 0.900 bits per heavy atom. The number of carbonyl (C=O) groups is 2. The Kier molecular flexibility index (Phi) is 5.23. The first-order chi connectivity index (χ1) is 14.5. The van der Waals surface area contributed by atoms with Gasteiger partial charge in [0.05, 0.1) is 5.54 Å². The number of aryl methyl sites for hydroxylation is 1. The first-order valence-electron chi connectivity index (χ1n) is 9.98.